The summed E-state index contributed by atoms with van der Waals surface area (Å²) in [5.41, 5.74) is 2.59. The van der Waals surface area contributed by atoms with E-state index >= 15 is 0 Å². The highest BCUT2D eigenvalue weighted by atomic mass is 19.1. The van der Waals surface area contributed by atoms with Crippen LogP contribution in [-0.4, -0.2) is 11.5 Å². The van der Waals surface area contributed by atoms with E-state index in [1.807, 2.05) is 19.1 Å². The number of hydrogen-bond donors (Lipinski definition) is 1. The summed E-state index contributed by atoms with van der Waals surface area (Å²) in [6, 6.07) is 8.73. The van der Waals surface area contributed by atoms with Crippen LogP contribution in [0.1, 0.15) is 30.2 Å². The summed E-state index contributed by atoms with van der Waals surface area (Å²) in [4.78, 5) is 4.34. The van der Waals surface area contributed by atoms with E-state index in [0.717, 1.165) is 30.8 Å². The number of aromatic nitrogens is 1. The Morgan fingerprint density at radius 3 is 2.71 bits per heavy atom. The second kappa shape index (κ2) is 7.18. The van der Waals surface area contributed by atoms with E-state index in [9.17, 15) is 4.39 Å². The zero-order valence-corrected chi connectivity index (χ0v) is 12.7. The fraction of sp³-hybridized carbons (Fsp3) is 0.353. The van der Waals surface area contributed by atoms with Crippen molar-refractivity contribution in [3.63, 3.8) is 0 Å². The molecule has 112 valence electrons. The van der Waals surface area contributed by atoms with Crippen LogP contribution < -0.4 is 10.1 Å². The van der Waals surface area contributed by atoms with Gasteiger partial charge >= 0.3 is 0 Å². The molecule has 0 aliphatic heterocycles. The van der Waals surface area contributed by atoms with E-state index in [4.69, 9.17) is 4.74 Å². The van der Waals surface area contributed by atoms with E-state index < -0.39 is 0 Å². The standard InChI is InChI=1S/C17H21FN2O/c1-4-7-19-11-14-8-13(3)20-17(9-14)21-15-6-5-12(2)16(18)10-15/h5-6,8-10,19H,4,7,11H2,1-3H3. The molecule has 0 fully saturated rings. The molecule has 2 rings (SSSR count). The van der Waals surface area contributed by atoms with Gasteiger partial charge in [0.15, 0.2) is 0 Å². The van der Waals surface area contributed by atoms with Crippen LogP contribution in [0.2, 0.25) is 0 Å². The highest BCUT2D eigenvalue weighted by molar-refractivity contribution is 5.33. The Labute approximate surface area is 125 Å². The molecule has 3 nitrogen and oxygen atoms in total. The first-order valence-electron chi connectivity index (χ1n) is 7.20. The molecule has 0 spiro atoms. The van der Waals surface area contributed by atoms with E-state index in [-0.39, 0.29) is 5.82 Å². The Balaban J connectivity index is 2.13. The molecule has 1 N–H and O–H groups in total. The SMILES string of the molecule is CCCNCc1cc(C)nc(Oc2ccc(C)c(F)c2)c1. The zero-order chi connectivity index (χ0) is 15.2. The molecule has 0 aliphatic carbocycles. The molecule has 0 saturated heterocycles. The minimum Gasteiger partial charge on any atom is -0.439 e. The van der Waals surface area contributed by atoms with E-state index in [1.165, 1.54) is 6.07 Å². The van der Waals surface area contributed by atoms with Crippen molar-refractivity contribution in [2.45, 2.75) is 33.7 Å². The third-order valence-electron chi connectivity index (χ3n) is 3.11. The summed E-state index contributed by atoms with van der Waals surface area (Å²) < 4.78 is 19.2. The van der Waals surface area contributed by atoms with Crippen LogP contribution in [0.5, 0.6) is 11.6 Å². The molecule has 2 aromatic rings. The summed E-state index contributed by atoms with van der Waals surface area (Å²) in [6.07, 6.45) is 1.09. The fourth-order valence-electron chi connectivity index (χ4n) is 2.03. The first-order chi connectivity index (χ1) is 10.1. The van der Waals surface area contributed by atoms with Crippen molar-refractivity contribution < 1.29 is 9.13 Å². The summed E-state index contributed by atoms with van der Waals surface area (Å²) in [7, 11) is 0. The summed E-state index contributed by atoms with van der Waals surface area (Å²) in [5, 5.41) is 3.34. The Morgan fingerprint density at radius 2 is 2.00 bits per heavy atom. The lowest BCUT2D eigenvalue weighted by Gasteiger charge is -2.09. The van der Waals surface area contributed by atoms with Gasteiger partial charge in [0.05, 0.1) is 0 Å². The molecule has 21 heavy (non-hydrogen) atoms. The van der Waals surface area contributed by atoms with Gasteiger partial charge in [-0.25, -0.2) is 9.37 Å². The highest BCUT2D eigenvalue weighted by Gasteiger charge is 2.05. The monoisotopic (exact) mass is 288 g/mol. The number of nitrogens with one attached hydrogen (secondary N) is 1. The van der Waals surface area contributed by atoms with Gasteiger partial charge in [0.1, 0.15) is 11.6 Å². The molecule has 0 unspecified atom stereocenters. The average molecular weight is 288 g/mol. The molecule has 1 aromatic heterocycles. The molecule has 1 heterocycles. The molecule has 0 aliphatic rings. The minimum absolute atomic E-state index is 0.273. The number of nitrogens with zero attached hydrogens (tertiary/aromatic N) is 1. The molecule has 4 heteroatoms. The second-order valence-corrected chi connectivity index (χ2v) is 5.14. The molecule has 0 saturated carbocycles. The van der Waals surface area contributed by atoms with Gasteiger partial charge in [-0.1, -0.05) is 13.0 Å². The minimum atomic E-state index is -0.273. The Hall–Kier alpha value is -1.94. The van der Waals surface area contributed by atoms with Crippen molar-refractivity contribution >= 4 is 0 Å². The van der Waals surface area contributed by atoms with Gasteiger partial charge in [0.25, 0.3) is 0 Å². The molecular weight excluding hydrogens is 267 g/mol. The van der Waals surface area contributed by atoms with Crippen LogP contribution in [0.15, 0.2) is 30.3 Å². The van der Waals surface area contributed by atoms with E-state index in [2.05, 4.69) is 17.2 Å². The van der Waals surface area contributed by atoms with Crippen LogP contribution in [0.3, 0.4) is 0 Å². The lowest BCUT2D eigenvalue weighted by molar-refractivity contribution is 0.455. The van der Waals surface area contributed by atoms with Crippen molar-refractivity contribution in [1.29, 1.82) is 0 Å². The quantitative estimate of drug-likeness (QED) is 0.812. The maximum Gasteiger partial charge on any atom is 0.219 e. The van der Waals surface area contributed by atoms with Crippen molar-refractivity contribution in [2.75, 3.05) is 6.54 Å². The summed E-state index contributed by atoms with van der Waals surface area (Å²) in [6.45, 7) is 7.52. The smallest absolute Gasteiger partial charge is 0.219 e. The number of rotatable bonds is 6. The van der Waals surface area contributed by atoms with Gasteiger partial charge < -0.3 is 10.1 Å². The first kappa shape index (κ1) is 15.4. The van der Waals surface area contributed by atoms with Crippen LogP contribution >= 0.6 is 0 Å². The predicted molar refractivity (Wildman–Crippen MR) is 82.2 cm³/mol. The number of hydrogen-bond acceptors (Lipinski definition) is 3. The highest BCUT2D eigenvalue weighted by Crippen LogP contribution is 2.23. The second-order valence-electron chi connectivity index (χ2n) is 5.14. The number of aryl methyl sites for hydroxylation is 2. The number of ether oxygens (including phenoxy) is 1. The molecule has 0 bridgehead atoms. The van der Waals surface area contributed by atoms with Crippen LogP contribution in [0.4, 0.5) is 4.39 Å². The van der Waals surface area contributed by atoms with Crippen molar-refractivity contribution in [1.82, 2.24) is 10.3 Å². The predicted octanol–water partition coefficient (Wildman–Crippen LogP) is 4.13. The molecule has 0 radical (unpaired) electrons. The van der Waals surface area contributed by atoms with Gasteiger partial charge in [-0.15, -0.1) is 0 Å². The third-order valence-corrected chi connectivity index (χ3v) is 3.11. The molecular formula is C17H21FN2O. The van der Waals surface area contributed by atoms with Crippen LogP contribution in [0.25, 0.3) is 0 Å². The van der Waals surface area contributed by atoms with Gasteiger partial charge in [-0.2, -0.15) is 0 Å². The van der Waals surface area contributed by atoms with Gasteiger partial charge in [0.2, 0.25) is 5.88 Å². The zero-order valence-electron chi connectivity index (χ0n) is 12.7. The van der Waals surface area contributed by atoms with E-state index in [0.29, 0.717) is 17.2 Å². The van der Waals surface area contributed by atoms with E-state index in [1.54, 1.807) is 19.1 Å². The van der Waals surface area contributed by atoms with Gasteiger partial charge in [-0.05, 0) is 50.1 Å². The average Bonchev–Trinajstić information content (AvgIpc) is 2.43. The largest absolute Gasteiger partial charge is 0.439 e. The Morgan fingerprint density at radius 1 is 1.19 bits per heavy atom. The van der Waals surface area contributed by atoms with Crippen molar-refractivity contribution in [2.24, 2.45) is 0 Å². The number of pyridine rings is 1. The summed E-state index contributed by atoms with van der Waals surface area (Å²) in [5.74, 6) is 0.681. The molecule has 0 atom stereocenters. The third kappa shape index (κ3) is 4.53. The van der Waals surface area contributed by atoms with Crippen molar-refractivity contribution in [3.05, 3.63) is 53.0 Å². The Bertz CT molecular complexity index is 614. The van der Waals surface area contributed by atoms with Crippen LogP contribution in [-0.2, 0) is 6.54 Å². The van der Waals surface area contributed by atoms with Gasteiger partial charge in [-0.3, -0.25) is 0 Å². The maximum absolute atomic E-state index is 13.5. The maximum atomic E-state index is 13.5. The number of halogens is 1. The van der Waals surface area contributed by atoms with Crippen LogP contribution in [0, 0.1) is 19.7 Å². The van der Waals surface area contributed by atoms with Crippen molar-refractivity contribution in [3.8, 4) is 11.6 Å². The first-order valence-corrected chi connectivity index (χ1v) is 7.20. The lowest BCUT2D eigenvalue weighted by Crippen LogP contribution is -2.14. The Kier molecular flexibility index (Phi) is 5.28. The molecule has 0 amide bonds. The van der Waals surface area contributed by atoms with Gasteiger partial charge in [0, 0.05) is 24.4 Å². The topological polar surface area (TPSA) is 34.2 Å². The molecule has 1 aromatic carbocycles. The normalized spacial score (nSPS) is 10.7. The number of benzene rings is 1. The summed E-state index contributed by atoms with van der Waals surface area (Å²) >= 11 is 0. The lowest BCUT2D eigenvalue weighted by atomic mass is 10.2. The fourth-order valence-corrected chi connectivity index (χ4v) is 2.03.